The maximum absolute atomic E-state index is 12.0. The molecule has 0 aliphatic rings. The molecule has 0 amide bonds. The summed E-state index contributed by atoms with van der Waals surface area (Å²) in [6, 6.07) is 0. The van der Waals surface area contributed by atoms with E-state index in [0.29, 0.717) is 30.6 Å². The summed E-state index contributed by atoms with van der Waals surface area (Å²) in [6.45, 7) is 5.08. The van der Waals surface area contributed by atoms with Crippen molar-refractivity contribution in [2.45, 2.75) is 26.9 Å². The van der Waals surface area contributed by atoms with Gasteiger partial charge in [-0.15, -0.1) is 10.2 Å². The average molecular weight is 249 g/mol. The lowest BCUT2D eigenvalue weighted by Gasteiger charge is -2.09. The second kappa shape index (κ2) is 5.39. The zero-order valence-electron chi connectivity index (χ0n) is 10.3. The minimum atomic E-state index is -0.144. The highest BCUT2D eigenvalue weighted by Gasteiger charge is 2.06. The molecule has 18 heavy (non-hydrogen) atoms. The summed E-state index contributed by atoms with van der Waals surface area (Å²) in [4.78, 5) is 16.1. The number of anilines is 1. The summed E-state index contributed by atoms with van der Waals surface area (Å²) in [5, 5.41) is 16.2. The fraction of sp³-hybridized carbons (Fsp3) is 0.500. The first-order valence-corrected chi connectivity index (χ1v) is 5.68. The van der Waals surface area contributed by atoms with E-state index in [1.807, 2.05) is 0 Å². The van der Waals surface area contributed by atoms with Crippen LogP contribution >= 0.6 is 0 Å². The third kappa shape index (κ3) is 2.90. The first kappa shape index (κ1) is 12.2. The van der Waals surface area contributed by atoms with Crippen LogP contribution in [0, 0.1) is 5.92 Å². The summed E-state index contributed by atoms with van der Waals surface area (Å²) < 4.78 is 1.64. The van der Waals surface area contributed by atoms with Crippen molar-refractivity contribution in [1.82, 2.24) is 30.2 Å². The quantitative estimate of drug-likeness (QED) is 0.775. The third-order valence-electron chi connectivity index (χ3n) is 2.28. The largest absolute Gasteiger partial charge is 0.358 e. The van der Waals surface area contributed by atoms with Crippen molar-refractivity contribution < 1.29 is 0 Å². The summed E-state index contributed by atoms with van der Waals surface area (Å²) >= 11 is 0. The molecule has 0 radical (unpaired) electrons. The van der Waals surface area contributed by atoms with Crippen LogP contribution in [0.25, 0.3) is 0 Å². The van der Waals surface area contributed by atoms with E-state index in [1.54, 1.807) is 17.0 Å². The van der Waals surface area contributed by atoms with Gasteiger partial charge in [-0.05, 0) is 5.92 Å². The molecular formula is C10H15N7O. The Morgan fingerprint density at radius 3 is 3.00 bits per heavy atom. The van der Waals surface area contributed by atoms with E-state index in [2.05, 4.69) is 44.8 Å². The minimum Gasteiger partial charge on any atom is -0.358 e. The molecule has 96 valence electrons. The molecule has 0 bridgehead atoms. The standard InChI is InChI=1S/C10H15N7O/c1-7(2)6-17-4-3-11-9(10(17)18)12-5-8-13-15-16-14-8/h3-4,7H,5-6H2,1-2H3,(H,11,12)(H,13,14,15,16). The third-order valence-corrected chi connectivity index (χ3v) is 2.28. The second-order valence-electron chi connectivity index (χ2n) is 4.31. The Morgan fingerprint density at radius 2 is 2.33 bits per heavy atom. The molecular weight excluding hydrogens is 234 g/mol. The molecule has 8 nitrogen and oxygen atoms in total. The van der Waals surface area contributed by atoms with Gasteiger partial charge in [0.1, 0.15) is 0 Å². The van der Waals surface area contributed by atoms with Gasteiger partial charge in [-0.1, -0.05) is 19.1 Å². The molecule has 0 spiro atoms. The molecule has 8 heteroatoms. The second-order valence-corrected chi connectivity index (χ2v) is 4.31. The monoisotopic (exact) mass is 249 g/mol. The molecule has 0 aromatic carbocycles. The lowest BCUT2D eigenvalue weighted by atomic mass is 10.2. The van der Waals surface area contributed by atoms with Crippen LogP contribution in [0.3, 0.4) is 0 Å². The molecule has 0 saturated heterocycles. The van der Waals surface area contributed by atoms with Crippen LogP contribution in [-0.4, -0.2) is 30.2 Å². The van der Waals surface area contributed by atoms with Gasteiger partial charge in [0, 0.05) is 18.9 Å². The Labute approximate surface area is 103 Å². The van der Waals surface area contributed by atoms with Crippen molar-refractivity contribution in [2.24, 2.45) is 5.92 Å². The highest BCUT2D eigenvalue weighted by atomic mass is 16.1. The van der Waals surface area contributed by atoms with Crippen LogP contribution in [0.1, 0.15) is 19.7 Å². The van der Waals surface area contributed by atoms with Gasteiger partial charge in [0.05, 0.1) is 6.54 Å². The summed E-state index contributed by atoms with van der Waals surface area (Å²) in [6.07, 6.45) is 3.28. The Morgan fingerprint density at radius 1 is 1.50 bits per heavy atom. The first-order chi connectivity index (χ1) is 8.66. The summed E-state index contributed by atoms with van der Waals surface area (Å²) in [7, 11) is 0. The van der Waals surface area contributed by atoms with Gasteiger partial charge in [-0.3, -0.25) is 4.79 Å². The van der Waals surface area contributed by atoms with Gasteiger partial charge in [0.2, 0.25) is 0 Å². The molecule has 0 fully saturated rings. The van der Waals surface area contributed by atoms with Crippen molar-refractivity contribution >= 4 is 5.82 Å². The Hall–Kier alpha value is -2.25. The molecule has 2 N–H and O–H groups in total. The number of aromatic amines is 1. The molecule has 0 atom stereocenters. The van der Waals surface area contributed by atoms with Gasteiger partial charge in [0.15, 0.2) is 11.6 Å². The lowest BCUT2D eigenvalue weighted by molar-refractivity contribution is 0.509. The summed E-state index contributed by atoms with van der Waals surface area (Å²) in [5.74, 6) is 1.17. The number of hydrogen-bond donors (Lipinski definition) is 2. The van der Waals surface area contributed by atoms with E-state index in [9.17, 15) is 4.79 Å². The topological polar surface area (TPSA) is 101 Å². The predicted molar refractivity (Wildman–Crippen MR) is 64.8 cm³/mol. The minimum absolute atomic E-state index is 0.144. The molecule has 2 heterocycles. The smallest absolute Gasteiger partial charge is 0.293 e. The number of nitrogens with one attached hydrogen (secondary N) is 2. The molecule has 2 aromatic heterocycles. The van der Waals surface area contributed by atoms with E-state index in [0.717, 1.165) is 0 Å². The van der Waals surface area contributed by atoms with Crippen molar-refractivity contribution in [2.75, 3.05) is 5.32 Å². The van der Waals surface area contributed by atoms with Crippen molar-refractivity contribution in [1.29, 1.82) is 0 Å². The van der Waals surface area contributed by atoms with E-state index in [1.165, 1.54) is 0 Å². The Bertz CT molecular complexity index is 546. The normalized spacial score (nSPS) is 10.8. The number of aromatic nitrogens is 6. The summed E-state index contributed by atoms with van der Waals surface area (Å²) in [5.41, 5.74) is -0.144. The number of hydrogen-bond acceptors (Lipinski definition) is 6. The van der Waals surface area contributed by atoms with Crippen LogP contribution in [-0.2, 0) is 13.1 Å². The highest BCUT2D eigenvalue weighted by Crippen LogP contribution is 1.99. The number of nitrogens with zero attached hydrogens (tertiary/aromatic N) is 5. The number of H-pyrrole nitrogens is 1. The van der Waals surface area contributed by atoms with E-state index < -0.39 is 0 Å². The fourth-order valence-electron chi connectivity index (χ4n) is 1.53. The van der Waals surface area contributed by atoms with Crippen LogP contribution in [0.4, 0.5) is 5.82 Å². The van der Waals surface area contributed by atoms with Crippen LogP contribution < -0.4 is 10.9 Å². The van der Waals surface area contributed by atoms with Gasteiger partial charge >= 0.3 is 0 Å². The Balaban J connectivity index is 2.11. The zero-order valence-corrected chi connectivity index (χ0v) is 10.3. The molecule has 0 aliphatic carbocycles. The molecule has 0 saturated carbocycles. The highest BCUT2D eigenvalue weighted by molar-refractivity contribution is 5.30. The Kier molecular flexibility index (Phi) is 3.66. The van der Waals surface area contributed by atoms with Crippen molar-refractivity contribution in [3.63, 3.8) is 0 Å². The van der Waals surface area contributed by atoms with Gasteiger partial charge in [0.25, 0.3) is 5.56 Å². The number of rotatable bonds is 5. The zero-order chi connectivity index (χ0) is 13.0. The number of tetrazole rings is 1. The van der Waals surface area contributed by atoms with E-state index in [-0.39, 0.29) is 5.56 Å². The van der Waals surface area contributed by atoms with Gasteiger partial charge < -0.3 is 9.88 Å². The van der Waals surface area contributed by atoms with Gasteiger partial charge in [-0.2, -0.15) is 5.21 Å². The molecule has 0 unspecified atom stereocenters. The molecule has 0 aliphatic heterocycles. The fourth-order valence-corrected chi connectivity index (χ4v) is 1.53. The maximum Gasteiger partial charge on any atom is 0.293 e. The lowest BCUT2D eigenvalue weighted by Crippen LogP contribution is -2.26. The van der Waals surface area contributed by atoms with Gasteiger partial charge in [-0.25, -0.2) is 4.98 Å². The predicted octanol–water partition coefficient (Wildman–Crippen LogP) is 0.0245. The first-order valence-electron chi connectivity index (χ1n) is 5.68. The van der Waals surface area contributed by atoms with Crippen LogP contribution in [0.2, 0.25) is 0 Å². The average Bonchev–Trinajstić information content (AvgIpc) is 2.83. The molecule has 2 aromatic rings. The van der Waals surface area contributed by atoms with Crippen LogP contribution in [0.5, 0.6) is 0 Å². The van der Waals surface area contributed by atoms with Crippen LogP contribution in [0.15, 0.2) is 17.2 Å². The van der Waals surface area contributed by atoms with E-state index in [4.69, 9.17) is 0 Å². The molecule has 2 rings (SSSR count). The van der Waals surface area contributed by atoms with Crippen molar-refractivity contribution in [3.8, 4) is 0 Å². The SMILES string of the molecule is CC(C)Cn1ccnc(NCc2nn[nH]n2)c1=O. The maximum atomic E-state index is 12.0. The van der Waals surface area contributed by atoms with Crippen molar-refractivity contribution in [3.05, 3.63) is 28.6 Å². The van der Waals surface area contributed by atoms with E-state index >= 15 is 0 Å².